The molecular weight excluding hydrogens is 166 g/mol. The van der Waals surface area contributed by atoms with Crippen LogP contribution in [-0.2, 0) is 6.54 Å². The number of nitrogens with one attached hydrogen (secondary N) is 2. The van der Waals surface area contributed by atoms with Crippen LogP contribution in [0.3, 0.4) is 0 Å². The number of nitrogens with zero attached hydrogens (tertiary/aromatic N) is 1. The number of hydrogen-bond donors (Lipinski definition) is 2. The number of aromatic nitrogens is 1. The third-order valence-corrected chi connectivity index (χ3v) is 1.76. The molecule has 0 aliphatic carbocycles. The van der Waals surface area contributed by atoms with E-state index in [1.807, 2.05) is 19.1 Å². The Hall–Kier alpha value is -1.58. The smallest absolute Gasteiger partial charge is 0.314 e. The summed E-state index contributed by atoms with van der Waals surface area (Å²) in [5, 5.41) is 5.15. The molecule has 0 saturated carbocycles. The molecule has 0 bridgehead atoms. The second-order valence-electron chi connectivity index (χ2n) is 2.70. The number of carbonyl (C=O) groups is 1. The molecule has 1 rings (SSSR count). The summed E-state index contributed by atoms with van der Waals surface area (Å²) >= 11 is 0. The Labute approximate surface area is 77.4 Å². The minimum absolute atomic E-state index is 0.190. The van der Waals surface area contributed by atoms with Crippen molar-refractivity contribution in [1.29, 1.82) is 0 Å². The van der Waals surface area contributed by atoms with E-state index in [-0.39, 0.29) is 6.03 Å². The van der Waals surface area contributed by atoms with Gasteiger partial charge in [0, 0.05) is 13.2 Å². The number of rotatable bonds is 2. The first-order valence-corrected chi connectivity index (χ1v) is 4.10. The third-order valence-electron chi connectivity index (χ3n) is 1.76. The van der Waals surface area contributed by atoms with E-state index < -0.39 is 0 Å². The van der Waals surface area contributed by atoms with Crippen molar-refractivity contribution in [1.82, 2.24) is 15.6 Å². The van der Waals surface area contributed by atoms with Gasteiger partial charge in [0.15, 0.2) is 0 Å². The quantitative estimate of drug-likeness (QED) is 0.706. The zero-order valence-electron chi connectivity index (χ0n) is 7.79. The van der Waals surface area contributed by atoms with Crippen LogP contribution in [0.5, 0.6) is 0 Å². The molecule has 1 heterocycles. The topological polar surface area (TPSA) is 54.0 Å². The van der Waals surface area contributed by atoms with Gasteiger partial charge in [0.1, 0.15) is 0 Å². The summed E-state index contributed by atoms with van der Waals surface area (Å²) in [4.78, 5) is 15.0. The lowest BCUT2D eigenvalue weighted by molar-refractivity contribution is 0.242. The first-order chi connectivity index (χ1) is 6.24. The molecule has 0 atom stereocenters. The fourth-order valence-electron chi connectivity index (χ4n) is 0.956. The Morgan fingerprint density at radius 2 is 2.38 bits per heavy atom. The van der Waals surface area contributed by atoms with Gasteiger partial charge in [-0.2, -0.15) is 0 Å². The van der Waals surface area contributed by atoms with Gasteiger partial charge in [-0.05, 0) is 18.6 Å². The van der Waals surface area contributed by atoms with Crippen LogP contribution in [0.25, 0.3) is 0 Å². The first kappa shape index (κ1) is 9.51. The van der Waals surface area contributed by atoms with Crippen molar-refractivity contribution in [2.75, 3.05) is 7.05 Å². The van der Waals surface area contributed by atoms with Gasteiger partial charge in [0.25, 0.3) is 0 Å². The van der Waals surface area contributed by atoms with Crippen molar-refractivity contribution in [3.05, 3.63) is 29.6 Å². The average Bonchev–Trinajstić information content (AvgIpc) is 2.16. The van der Waals surface area contributed by atoms with Crippen molar-refractivity contribution in [3.63, 3.8) is 0 Å². The number of amides is 2. The van der Waals surface area contributed by atoms with Crippen LogP contribution in [-0.4, -0.2) is 18.1 Å². The lowest BCUT2D eigenvalue weighted by Gasteiger charge is -2.05. The molecule has 0 aromatic carbocycles. The fraction of sp³-hybridized carbons (Fsp3) is 0.333. The molecule has 2 amide bonds. The van der Waals surface area contributed by atoms with Crippen molar-refractivity contribution < 1.29 is 4.79 Å². The average molecular weight is 179 g/mol. The maximum absolute atomic E-state index is 10.8. The second-order valence-corrected chi connectivity index (χ2v) is 2.70. The van der Waals surface area contributed by atoms with Crippen molar-refractivity contribution >= 4 is 6.03 Å². The van der Waals surface area contributed by atoms with Crippen LogP contribution in [0, 0.1) is 6.92 Å². The highest BCUT2D eigenvalue weighted by Gasteiger charge is 2.00. The van der Waals surface area contributed by atoms with E-state index in [0.29, 0.717) is 6.54 Å². The molecule has 13 heavy (non-hydrogen) atoms. The fourth-order valence-corrected chi connectivity index (χ4v) is 0.956. The van der Waals surface area contributed by atoms with Crippen LogP contribution in [0.4, 0.5) is 4.79 Å². The normalized spacial score (nSPS) is 9.38. The van der Waals surface area contributed by atoms with Gasteiger partial charge in [-0.3, -0.25) is 4.98 Å². The van der Waals surface area contributed by atoms with Gasteiger partial charge in [0.05, 0.1) is 12.2 Å². The molecule has 4 nitrogen and oxygen atoms in total. The summed E-state index contributed by atoms with van der Waals surface area (Å²) in [5.41, 5.74) is 1.98. The molecule has 1 aromatic rings. The molecule has 0 saturated heterocycles. The second kappa shape index (κ2) is 4.45. The van der Waals surface area contributed by atoms with Crippen LogP contribution < -0.4 is 10.6 Å². The zero-order valence-corrected chi connectivity index (χ0v) is 7.79. The third kappa shape index (κ3) is 2.74. The summed E-state index contributed by atoms with van der Waals surface area (Å²) in [6, 6.07) is 3.65. The maximum atomic E-state index is 10.8. The lowest BCUT2D eigenvalue weighted by atomic mass is 10.2. The monoisotopic (exact) mass is 179 g/mol. The molecular formula is C9H13N3O. The van der Waals surface area contributed by atoms with Crippen LogP contribution >= 0.6 is 0 Å². The van der Waals surface area contributed by atoms with Crippen molar-refractivity contribution in [2.24, 2.45) is 0 Å². The number of aryl methyl sites for hydroxylation is 1. The molecule has 0 spiro atoms. The standard InChI is InChI=1S/C9H13N3O/c1-7-4-3-5-11-8(7)6-12-9(13)10-2/h3-5H,6H2,1-2H3,(H2,10,12,13). The summed E-state index contributed by atoms with van der Waals surface area (Å²) in [6.45, 7) is 2.43. The predicted octanol–water partition coefficient (Wildman–Crippen LogP) is 0.819. The summed E-state index contributed by atoms with van der Waals surface area (Å²) in [6.07, 6.45) is 1.72. The number of pyridine rings is 1. The summed E-state index contributed by atoms with van der Waals surface area (Å²) in [5.74, 6) is 0. The molecule has 1 aromatic heterocycles. The van der Waals surface area contributed by atoms with Crippen molar-refractivity contribution in [2.45, 2.75) is 13.5 Å². The molecule has 2 N–H and O–H groups in total. The van der Waals surface area contributed by atoms with Gasteiger partial charge >= 0.3 is 6.03 Å². The first-order valence-electron chi connectivity index (χ1n) is 4.10. The van der Waals surface area contributed by atoms with Gasteiger partial charge in [0.2, 0.25) is 0 Å². The van der Waals surface area contributed by atoms with Crippen LogP contribution in [0.15, 0.2) is 18.3 Å². The van der Waals surface area contributed by atoms with Crippen LogP contribution in [0.2, 0.25) is 0 Å². The van der Waals surface area contributed by atoms with Gasteiger partial charge in [-0.1, -0.05) is 6.07 Å². The molecule has 0 radical (unpaired) electrons. The molecule has 0 aliphatic rings. The minimum Gasteiger partial charge on any atom is -0.341 e. The summed E-state index contributed by atoms with van der Waals surface area (Å²) < 4.78 is 0. The Kier molecular flexibility index (Phi) is 3.25. The van der Waals surface area contributed by atoms with E-state index >= 15 is 0 Å². The molecule has 4 heteroatoms. The zero-order chi connectivity index (χ0) is 9.68. The van der Waals surface area contributed by atoms with Crippen LogP contribution in [0.1, 0.15) is 11.3 Å². The molecule has 0 fully saturated rings. The Morgan fingerprint density at radius 1 is 1.62 bits per heavy atom. The highest BCUT2D eigenvalue weighted by molar-refractivity contribution is 5.73. The maximum Gasteiger partial charge on any atom is 0.314 e. The molecule has 0 aliphatic heterocycles. The number of urea groups is 1. The van der Waals surface area contributed by atoms with E-state index in [1.54, 1.807) is 13.2 Å². The van der Waals surface area contributed by atoms with E-state index in [4.69, 9.17) is 0 Å². The number of carbonyl (C=O) groups excluding carboxylic acids is 1. The van der Waals surface area contributed by atoms with E-state index in [0.717, 1.165) is 11.3 Å². The highest BCUT2D eigenvalue weighted by atomic mass is 16.2. The molecule has 0 unspecified atom stereocenters. The SMILES string of the molecule is CNC(=O)NCc1ncccc1C. The number of hydrogen-bond acceptors (Lipinski definition) is 2. The van der Waals surface area contributed by atoms with Crippen molar-refractivity contribution in [3.8, 4) is 0 Å². The highest BCUT2D eigenvalue weighted by Crippen LogP contribution is 2.01. The summed E-state index contributed by atoms with van der Waals surface area (Å²) in [7, 11) is 1.58. The van der Waals surface area contributed by atoms with Gasteiger partial charge in [-0.25, -0.2) is 4.79 Å². The van der Waals surface area contributed by atoms with Gasteiger partial charge in [-0.15, -0.1) is 0 Å². The van der Waals surface area contributed by atoms with E-state index in [9.17, 15) is 4.79 Å². The van der Waals surface area contributed by atoms with Gasteiger partial charge < -0.3 is 10.6 Å². The molecule has 70 valence electrons. The largest absolute Gasteiger partial charge is 0.341 e. The predicted molar refractivity (Wildman–Crippen MR) is 50.3 cm³/mol. The van der Waals surface area contributed by atoms with E-state index in [1.165, 1.54) is 0 Å². The van der Waals surface area contributed by atoms with E-state index in [2.05, 4.69) is 15.6 Å². The Bertz CT molecular complexity index is 299. The Morgan fingerprint density at radius 3 is 3.00 bits per heavy atom. The minimum atomic E-state index is -0.190. The lowest BCUT2D eigenvalue weighted by Crippen LogP contribution is -2.32. The Balaban J connectivity index is 2.54.